The Labute approximate surface area is 108 Å². The quantitative estimate of drug-likeness (QED) is 0.761. The standard InChI is InChI=1S/C14H21NO3/c1-5-15(6-2)14(17)10-7-11-8(3)12(16)9(4)13(10)18-11/h7-9,11,13H,5-6H2,1-4H3/t8-,9-,11+,13+/m1/s1. The lowest BCUT2D eigenvalue weighted by molar-refractivity contribution is -0.144. The van der Waals surface area contributed by atoms with E-state index < -0.39 is 0 Å². The van der Waals surface area contributed by atoms with Gasteiger partial charge >= 0.3 is 0 Å². The topological polar surface area (TPSA) is 46.6 Å². The number of nitrogens with zero attached hydrogens (tertiary/aromatic N) is 1. The zero-order chi connectivity index (χ0) is 13.4. The molecular weight excluding hydrogens is 230 g/mol. The molecule has 0 aromatic carbocycles. The number of hydrogen-bond acceptors (Lipinski definition) is 3. The minimum Gasteiger partial charge on any atom is -0.365 e. The molecule has 4 atom stereocenters. The Morgan fingerprint density at radius 2 is 1.89 bits per heavy atom. The highest BCUT2D eigenvalue weighted by Gasteiger charge is 2.47. The first kappa shape index (κ1) is 13.3. The number of hydrogen-bond donors (Lipinski definition) is 0. The molecule has 0 aromatic heterocycles. The van der Waals surface area contributed by atoms with Crippen molar-refractivity contribution in [3.8, 4) is 0 Å². The predicted molar refractivity (Wildman–Crippen MR) is 68.0 cm³/mol. The van der Waals surface area contributed by atoms with Crippen LogP contribution in [0.5, 0.6) is 0 Å². The maximum atomic E-state index is 12.4. The first-order valence-corrected chi connectivity index (χ1v) is 6.71. The minimum absolute atomic E-state index is 0.0150. The Hall–Kier alpha value is -1.16. The van der Waals surface area contributed by atoms with Crippen molar-refractivity contribution in [1.82, 2.24) is 4.90 Å². The number of ketones is 1. The van der Waals surface area contributed by atoms with Crippen LogP contribution in [0.3, 0.4) is 0 Å². The number of likely N-dealkylation sites (N-methyl/N-ethyl adjacent to an activating group) is 1. The summed E-state index contributed by atoms with van der Waals surface area (Å²) in [7, 11) is 0. The summed E-state index contributed by atoms with van der Waals surface area (Å²) in [5.74, 6) is -0.140. The first-order chi connectivity index (χ1) is 8.51. The Kier molecular flexibility index (Phi) is 3.57. The van der Waals surface area contributed by atoms with Crippen molar-refractivity contribution in [3.63, 3.8) is 0 Å². The van der Waals surface area contributed by atoms with E-state index in [0.717, 1.165) is 0 Å². The fourth-order valence-corrected chi connectivity index (χ4v) is 2.82. The third-order valence-corrected chi connectivity index (χ3v) is 4.10. The molecular formula is C14H21NO3. The smallest absolute Gasteiger partial charge is 0.252 e. The van der Waals surface area contributed by atoms with E-state index >= 15 is 0 Å². The molecule has 0 radical (unpaired) electrons. The highest BCUT2D eigenvalue weighted by Crippen LogP contribution is 2.37. The predicted octanol–water partition coefficient (Wildman–Crippen LogP) is 1.40. The summed E-state index contributed by atoms with van der Waals surface area (Å²) >= 11 is 0. The lowest BCUT2D eigenvalue weighted by Crippen LogP contribution is -2.44. The third-order valence-electron chi connectivity index (χ3n) is 4.10. The molecule has 2 bridgehead atoms. The van der Waals surface area contributed by atoms with Crippen LogP contribution in [0.25, 0.3) is 0 Å². The lowest BCUT2D eigenvalue weighted by atomic mass is 9.87. The van der Waals surface area contributed by atoms with Crippen LogP contribution in [-0.4, -0.2) is 41.9 Å². The number of carbonyl (C=O) groups excluding carboxylic acids is 2. The fraction of sp³-hybridized carbons (Fsp3) is 0.714. The molecule has 0 N–H and O–H groups in total. The molecule has 0 spiro atoms. The van der Waals surface area contributed by atoms with Crippen LogP contribution < -0.4 is 0 Å². The average molecular weight is 251 g/mol. The van der Waals surface area contributed by atoms with Crippen molar-refractivity contribution in [3.05, 3.63) is 11.6 Å². The van der Waals surface area contributed by atoms with Crippen molar-refractivity contribution >= 4 is 11.7 Å². The van der Waals surface area contributed by atoms with Gasteiger partial charge < -0.3 is 9.64 Å². The second kappa shape index (κ2) is 4.84. The first-order valence-electron chi connectivity index (χ1n) is 6.71. The molecule has 1 saturated heterocycles. The number of fused-ring (bicyclic) bond motifs is 2. The van der Waals surface area contributed by atoms with Gasteiger partial charge in [-0.05, 0) is 19.9 Å². The van der Waals surface area contributed by atoms with E-state index in [1.54, 1.807) is 4.90 Å². The Morgan fingerprint density at radius 3 is 2.44 bits per heavy atom. The zero-order valence-corrected chi connectivity index (χ0v) is 11.5. The maximum Gasteiger partial charge on any atom is 0.252 e. The third kappa shape index (κ3) is 1.88. The van der Waals surface area contributed by atoms with Crippen molar-refractivity contribution in [2.45, 2.75) is 39.9 Å². The second-order valence-corrected chi connectivity index (χ2v) is 5.10. The molecule has 0 aromatic rings. The number of rotatable bonds is 3. The maximum absolute atomic E-state index is 12.4. The van der Waals surface area contributed by atoms with Crippen molar-refractivity contribution in [2.24, 2.45) is 11.8 Å². The van der Waals surface area contributed by atoms with Crippen molar-refractivity contribution in [2.75, 3.05) is 13.1 Å². The summed E-state index contributed by atoms with van der Waals surface area (Å²) < 4.78 is 5.80. The van der Waals surface area contributed by atoms with Crippen LogP contribution in [-0.2, 0) is 14.3 Å². The number of amides is 1. The molecule has 4 heteroatoms. The SMILES string of the molecule is CCN(CC)C(=O)C1=C[C@@H]2O[C@H]1[C@H](C)C(=O)[C@@H]2C. The minimum atomic E-state index is -0.341. The summed E-state index contributed by atoms with van der Waals surface area (Å²) in [5.41, 5.74) is 0.675. The van der Waals surface area contributed by atoms with E-state index in [1.807, 2.05) is 33.8 Å². The molecule has 0 aliphatic carbocycles. The van der Waals surface area contributed by atoms with E-state index in [2.05, 4.69) is 0 Å². The van der Waals surface area contributed by atoms with E-state index in [1.165, 1.54) is 0 Å². The van der Waals surface area contributed by atoms with Crippen LogP contribution >= 0.6 is 0 Å². The molecule has 100 valence electrons. The van der Waals surface area contributed by atoms with Crippen LogP contribution in [0.15, 0.2) is 11.6 Å². The van der Waals surface area contributed by atoms with Gasteiger partial charge in [0.15, 0.2) is 0 Å². The van der Waals surface area contributed by atoms with Gasteiger partial charge in [0.1, 0.15) is 5.78 Å². The molecule has 2 heterocycles. The number of ether oxygens (including phenoxy) is 1. The summed E-state index contributed by atoms with van der Waals surface area (Å²) in [6.07, 6.45) is 1.30. The van der Waals surface area contributed by atoms with Gasteiger partial charge in [-0.2, -0.15) is 0 Å². The van der Waals surface area contributed by atoms with Crippen molar-refractivity contribution in [1.29, 1.82) is 0 Å². The molecule has 1 fully saturated rings. The van der Waals surface area contributed by atoms with Gasteiger partial charge in [0.2, 0.25) is 0 Å². The largest absolute Gasteiger partial charge is 0.365 e. The molecule has 0 saturated carbocycles. The summed E-state index contributed by atoms with van der Waals surface area (Å²) in [4.78, 5) is 26.2. The number of Topliss-reactive ketones (excluding diaryl/α,β-unsaturated/α-hetero) is 1. The summed E-state index contributed by atoms with van der Waals surface area (Å²) in [5, 5.41) is 0. The second-order valence-electron chi connectivity index (χ2n) is 5.10. The van der Waals surface area contributed by atoms with Gasteiger partial charge in [0.25, 0.3) is 5.91 Å². The normalized spacial score (nSPS) is 34.4. The van der Waals surface area contributed by atoms with E-state index in [-0.39, 0.29) is 35.7 Å². The molecule has 2 rings (SSSR count). The molecule has 1 amide bonds. The van der Waals surface area contributed by atoms with Crippen LogP contribution in [0.1, 0.15) is 27.7 Å². The Balaban J connectivity index is 2.26. The van der Waals surface area contributed by atoms with Crippen molar-refractivity contribution < 1.29 is 14.3 Å². The zero-order valence-electron chi connectivity index (χ0n) is 11.5. The van der Waals surface area contributed by atoms with Gasteiger partial charge in [-0.25, -0.2) is 0 Å². The lowest BCUT2D eigenvalue weighted by Gasteiger charge is -2.32. The van der Waals surface area contributed by atoms with Crippen LogP contribution in [0, 0.1) is 11.8 Å². The molecule has 4 nitrogen and oxygen atoms in total. The van der Waals surface area contributed by atoms with Gasteiger partial charge in [-0.1, -0.05) is 13.8 Å². The Bertz CT molecular complexity index is 398. The highest BCUT2D eigenvalue weighted by atomic mass is 16.5. The Morgan fingerprint density at radius 1 is 1.28 bits per heavy atom. The van der Waals surface area contributed by atoms with Gasteiger partial charge in [0, 0.05) is 30.5 Å². The van der Waals surface area contributed by atoms with E-state index in [9.17, 15) is 9.59 Å². The van der Waals surface area contributed by atoms with E-state index in [0.29, 0.717) is 18.7 Å². The molecule has 2 aliphatic rings. The summed E-state index contributed by atoms with van der Waals surface area (Å²) in [6, 6.07) is 0. The molecule has 2 aliphatic heterocycles. The van der Waals surface area contributed by atoms with Gasteiger partial charge in [-0.3, -0.25) is 9.59 Å². The van der Waals surface area contributed by atoms with Crippen LogP contribution in [0.4, 0.5) is 0 Å². The molecule has 18 heavy (non-hydrogen) atoms. The highest BCUT2D eigenvalue weighted by molar-refractivity contribution is 5.98. The van der Waals surface area contributed by atoms with Gasteiger partial charge in [0.05, 0.1) is 12.2 Å². The van der Waals surface area contributed by atoms with E-state index in [4.69, 9.17) is 4.74 Å². The van der Waals surface area contributed by atoms with Gasteiger partial charge in [-0.15, -0.1) is 0 Å². The van der Waals surface area contributed by atoms with Crippen LogP contribution in [0.2, 0.25) is 0 Å². The average Bonchev–Trinajstić information content (AvgIpc) is 2.78. The molecule has 0 unspecified atom stereocenters. The summed E-state index contributed by atoms with van der Waals surface area (Å²) in [6.45, 7) is 9.02. The monoisotopic (exact) mass is 251 g/mol. The number of carbonyl (C=O) groups is 2. The fourth-order valence-electron chi connectivity index (χ4n) is 2.82.